The van der Waals surface area contributed by atoms with Crippen LogP contribution in [0.2, 0.25) is 5.02 Å². The summed E-state index contributed by atoms with van der Waals surface area (Å²) in [6.45, 7) is 3.82. The Morgan fingerprint density at radius 3 is 2.55 bits per heavy atom. The number of nitrogens with one attached hydrogen (secondary N) is 3. The summed E-state index contributed by atoms with van der Waals surface area (Å²) in [7, 11) is 0. The van der Waals surface area contributed by atoms with Crippen molar-refractivity contribution in [3.63, 3.8) is 0 Å². The molecule has 0 bridgehead atoms. The zero-order valence-corrected chi connectivity index (χ0v) is 19.7. The molecule has 3 amide bonds. The fraction of sp³-hybridized carbons (Fsp3) is 0.400. The largest absolute Gasteiger partial charge is 0.371 e. The molecule has 0 aliphatic carbocycles. The van der Waals surface area contributed by atoms with Crippen molar-refractivity contribution in [3.05, 3.63) is 59.1 Å². The van der Waals surface area contributed by atoms with Crippen LogP contribution < -0.4 is 20.9 Å². The highest BCUT2D eigenvalue weighted by Gasteiger charge is 2.21. The number of carbonyl (C=O) groups is 3. The van der Waals surface area contributed by atoms with Gasteiger partial charge in [0.15, 0.2) is 0 Å². The van der Waals surface area contributed by atoms with E-state index in [0.29, 0.717) is 22.7 Å². The van der Waals surface area contributed by atoms with Gasteiger partial charge in [0.2, 0.25) is 11.8 Å². The molecule has 1 fully saturated rings. The Kier molecular flexibility index (Phi) is 9.13. The third-order valence-corrected chi connectivity index (χ3v) is 5.94. The van der Waals surface area contributed by atoms with E-state index in [-0.39, 0.29) is 12.5 Å². The molecular formula is C25H31ClN4O3. The quantitative estimate of drug-likeness (QED) is 0.489. The molecule has 1 unspecified atom stereocenters. The van der Waals surface area contributed by atoms with Crippen molar-refractivity contribution in [1.82, 2.24) is 10.6 Å². The average Bonchev–Trinajstić information content (AvgIpc) is 3.36. The summed E-state index contributed by atoms with van der Waals surface area (Å²) in [5, 5.41) is 8.55. The molecule has 0 spiro atoms. The molecule has 8 heteroatoms. The molecule has 0 saturated carbocycles. The van der Waals surface area contributed by atoms with Crippen molar-refractivity contribution in [2.75, 3.05) is 29.9 Å². The highest BCUT2D eigenvalue weighted by atomic mass is 35.5. The van der Waals surface area contributed by atoms with E-state index in [0.717, 1.165) is 31.6 Å². The first kappa shape index (κ1) is 24.6. The summed E-state index contributed by atoms with van der Waals surface area (Å²) in [6.07, 6.45) is 4.55. The van der Waals surface area contributed by atoms with Crippen molar-refractivity contribution in [2.45, 2.75) is 45.1 Å². The van der Waals surface area contributed by atoms with E-state index in [4.69, 9.17) is 11.6 Å². The van der Waals surface area contributed by atoms with Crippen molar-refractivity contribution >= 4 is 40.7 Å². The molecule has 0 aromatic heterocycles. The van der Waals surface area contributed by atoms with Crippen molar-refractivity contribution in [3.8, 4) is 0 Å². The van der Waals surface area contributed by atoms with E-state index in [1.165, 1.54) is 12.8 Å². The summed E-state index contributed by atoms with van der Waals surface area (Å²) in [5.74, 6) is -1.14. The van der Waals surface area contributed by atoms with Gasteiger partial charge in [-0.05, 0) is 49.6 Å². The lowest BCUT2D eigenvalue weighted by Gasteiger charge is -2.21. The lowest BCUT2D eigenvalue weighted by Crippen LogP contribution is -2.47. The van der Waals surface area contributed by atoms with Gasteiger partial charge in [0, 0.05) is 24.5 Å². The Bertz CT molecular complexity index is 976. The van der Waals surface area contributed by atoms with Crippen LogP contribution in [0.15, 0.2) is 48.5 Å². The predicted octanol–water partition coefficient (Wildman–Crippen LogP) is 3.98. The molecule has 1 aliphatic rings. The van der Waals surface area contributed by atoms with Gasteiger partial charge in [0.05, 0.1) is 17.1 Å². The number of nitrogens with zero attached hydrogens (tertiary/aromatic N) is 1. The molecule has 1 saturated heterocycles. The maximum Gasteiger partial charge on any atom is 0.253 e. The first-order valence-electron chi connectivity index (χ1n) is 11.5. The normalized spacial score (nSPS) is 13.9. The molecule has 1 heterocycles. The maximum atomic E-state index is 12.9. The summed E-state index contributed by atoms with van der Waals surface area (Å²) in [4.78, 5) is 40.0. The van der Waals surface area contributed by atoms with Crippen LogP contribution in [0.25, 0.3) is 0 Å². The van der Waals surface area contributed by atoms with E-state index in [1.807, 2.05) is 31.2 Å². The van der Waals surface area contributed by atoms with Gasteiger partial charge in [-0.25, -0.2) is 0 Å². The lowest BCUT2D eigenvalue weighted by molar-refractivity contribution is -0.126. The van der Waals surface area contributed by atoms with Gasteiger partial charge in [0.1, 0.15) is 6.04 Å². The molecule has 33 heavy (non-hydrogen) atoms. The third kappa shape index (κ3) is 7.22. The second-order valence-corrected chi connectivity index (χ2v) is 8.57. The summed E-state index contributed by atoms with van der Waals surface area (Å²) in [5.41, 5.74) is 2.08. The number of carbonyl (C=O) groups excluding carboxylic acids is 3. The number of hydrogen-bond donors (Lipinski definition) is 3. The van der Waals surface area contributed by atoms with Crippen LogP contribution in [-0.4, -0.2) is 43.4 Å². The highest BCUT2D eigenvalue weighted by Crippen LogP contribution is 2.23. The second kappa shape index (κ2) is 12.3. The van der Waals surface area contributed by atoms with Gasteiger partial charge < -0.3 is 20.9 Å². The average molecular weight is 471 g/mol. The fourth-order valence-corrected chi connectivity index (χ4v) is 4.03. The van der Waals surface area contributed by atoms with Crippen LogP contribution in [0.3, 0.4) is 0 Å². The Morgan fingerprint density at radius 2 is 1.82 bits per heavy atom. The van der Waals surface area contributed by atoms with Gasteiger partial charge in [-0.15, -0.1) is 0 Å². The number of amides is 3. The Labute approximate surface area is 199 Å². The minimum atomic E-state index is -0.690. The van der Waals surface area contributed by atoms with Crippen LogP contribution >= 0.6 is 11.6 Å². The Hall–Kier alpha value is -3.06. The summed E-state index contributed by atoms with van der Waals surface area (Å²) < 4.78 is 0. The minimum Gasteiger partial charge on any atom is -0.371 e. The van der Waals surface area contributed by atoms with Crippen LogP contribution in [0.1, 0.15) is 49.4 Å². The van der Waals surface area contributed by atoms with Crippen molar-refractivity contribution in [1.29, 1.82) is 0 Å². The SMILES string of the molecule is CCCCC(NC(=O)CNC(=O)c1ccccc1Cl)C(=O)Nc1cccc(N2CCCC2)c1. The fourth-order valence-electron chi connectivity index (χ4n) is 3.81. The van der Waals surface area contributed by atoms with Crippen LogP contribution in [0, 0.1) is 0 Å². The molecule has 0 radical (unpaired) electrons. The number of hydrogen-bond acceptors (Lipinski definition) is 4. The number of benzene rings is 2. The van der Waals surface area contributed by atoms with Gasteiger partial charge in [-0.1, -0.05) is 49.6 Å². The zero-order valence-electron chi connectivity index (χ0n) is 18.9. The Morgan fingerprint density at radius 1 is 1.06 bits per heavy atom. The molecule has 1 atom stereocenters. The monoisotopic (exact) mass is 470 g/mol. The zero-order chi connectivity index (χ0) is 23.6. The van der Waals surface area contributed by atoms with Gasteiger partial charge in [-0.3, -0.25) is 14.4 Å². The van der Waals surface area contributed by atoms with E-state index in [2.05, 4.69) is 20.9 Å². The maximum absolute atomic E-state index is 12.9. The summed E-state index contributed by atoms with van der Waals surface area (Å²) >= 11 is 6.03. The Balaban J connectivity index is 1.57. The van der Waals surface area contributed by atoms with E-state index < -0.39 is 17.9 Å². The molecule has 7 nitrogen and oxygen atoms in total. The number of unbranched alkanes of at least 4 members (excludes halogenated alkanes) is 1. The van der Waals surface area contributed by atoms with Crippen LogP contribution in [0.5, 0.6) is 0 Å². The van der Waals surface area contributed by atoms with E-state index in [9.17, 15) is 14.4 Å². The molecular weight excluding hydrogens is 440 g/mol. The van der Waals surface area contributed by atoms with Crippen molar-refractivity contribution in [2.24, 2.45) is 0 Å². The molecule has 176 valence electrons. The van der Waals surface area contributed by atoms with Gasteiger partial charge >= 0.3 is 0 Å². The molecule has 2 aromatic carbocycles. The predicted molar refractivity (Wildman–Crippen MR) is 132 cm³/mol. The number of rotatable bonds is 10. The van der Waals surface area contributed by atoms with Gasteiger partial charge in [-0.2, -0.15) is 0 Å². The third-order valence-electron chi connectivity index (χ3n) is 5.61. The molecule has 1 aliphatic heterocycles. The second-order valence-electron chi connectivity index (χ2n) is 8.16. The van der Waals surface area contributed by atoms with Gasteiger partial charge in [0.25, 0.3) is 5.91 Å². The first-order chi connectivity index (χ1) is 16.0. The number of halogens is 1. The van der Waals surface area contributed by atoms with Crippen molar-refractivity contribution < 1.29 is 14.4 Å². The molecule has 3 N–H and O–H groups in total. The first-order valence-corrected chi connectivity index (χ1v) is 11.8. The highest BCUT2D eigenvalue weighted by molar-refractivity contribution is 6.33. The van der Waals surface area contributed by atoms with Crippen LogP contribution in [0.4, 0.5) is 11.4 Å². The molecule has 2 aromatic rings. The van der Waals surface area contributed by atoms with Crippen LogP contribution in [-0.2, 0) is 9.59 Å². The lowest BCUT2D eigenvalue weighted by atomic mass is 10.1. The number of anilines is 2. The van der Waals surface area contributed by atoms with E-state index >= 15 is 0 Å². The standard InChI is InChI=1S/C25H31ClN4O3/c1-2-3-13-22(29-23(31)17-27-24(32)20-11-4-5-12-21(20)26)25(33)28-18-9-8-10-19(16-18)30-14-6-7-15-30/h4-5,8-12,16,22H,2-3,6-7,13-15,17H2,1H3,(H,27,32)(H,28,33)(H,29,31). The minimum absolute atomic E-state index is 0.246. The topological polar surface area (TPSA) is 90.5 Å². The summed E-state index contributed by atoms with van der Waals surface area (Å²) in [6, 6.07) is 13.7. The smallest absolute Gasteiger partial charge is 0.253 e. The molecule has 3 rings (SSSR count). The van der Waals surface area contributed by atoms with E-state index in [1.54, 1.807) is 24.3 Å².